The average molecular weight is 274 g/mol. The summed E-state index contributed by atoms with van der Waals surface area (Å²) in [5, 5.41) is 20.1. The number of hydrogen-bond acceptors (Lipinski definition) is 4. The molecule has 0 aliphatic heterocycles. The second-order valence-electron chi connectivity index (χ2n) is 5.70. The quantitative estimate of drug-likeness (QED) is 0.922. The van der Waals surface area contributed by atoms with Crippen LogP contribution in [0.25, 0.3) is 5.69 Å². The number of aromatic nitrogens is 4. The number of carboxylic acid groups (broad SMARTS) is 1. The number of tetrazole rings is 1. The molecular formula is C14H18N4O2. The first-order chi connectivity index (χ1) is 9.38. The number of benzene rings is 1. The summed E-state index contributed by atoms with van der Waals surface area (Å²) in [6.45, 7) is 6.45. The molecule has 0 bridgehead atoms. The summed E-state index contributed by atoms with van der Waals surface area (Å²) in [7, 11) is 0. The third kappa shape index (κ3) is 3.20. The molecule has 0 atom stereocenters. The summed E-state index contributed by atoms with van der Waals surface area (Å²) in [5.41, 5.74) is 2.15. The Kier molecular flexibility index (Phi) is 3.83. The van der Waals surface area contributed by atoms with Gasteiger partial charge in [0.25, 0.3) is 0 Å². The van der Waals surface area contributed by atoms with E-state index >= 15 is 0 Å². The first kappa shape index (κ1) is 14.2. The standard InChI is InChI=1S/C14H18N4O2/c1-14(2,3)10-4-6-11(7-5-10)18-12(15-16-17-18)8-9-13(19)20/h4-7H,8-9H2,1-3H3,(H,19,20). The van der Waals surface area contributed by atoms with Crippen LogP contribution in [-0.4, -0.2) is 31.3 Å². The zero-order valence-corrected chi connectivity index (χ0v) is 11.9. The topological polar surface area (TPSA) is 80.9 Å². The maximum Gasteiger partial charge on any atom is 0.303 e. The van der Waals surface area contributed by atoms with E-state index in [1.165, 1.54) is 5.56 Å². The van der Waals surface area contributed by atoms with Crippen molar-refractivity contribution in [2.75, 3.05) is 0 Å². The predicted molar refractivity (Wildman–Crippen MR) is 73.8 cm³/mol. The van der Waals surface area contributed by atoms with Gasteiger partial charge in [0.05, 0.1) is 12.1 Å². The van der Waals surface area contributed by atoms with Gasteiger partial charge in [-0.05, 0) is 33.5 Å². The molecule has 0 aliphatic carbocycles. The fourth-order valence-corrected chi connectivity index (χ4v) is 1.88. The lowest BCUT2D eigenvalue weighted by Gasteiger charge is -2.19. The van der Waals surface area contributed by atoms with E-state index < -0.39 is 5.97 Å². The molecule has 20 heavy (non-hydrogen) atoms. The van der Waals surface area contributed by atoms with Gasteiger partial charge < -0.3 is 5.11 Å². The van der Waals surface area contributed by atoms with Gasteiger partial charge in [0.2, 0.25) is 0 Å². The van der Waals surface area contributed by atoms with E-state index in [0.29, 0.717) is 12.2 Å². The molecule has 6 nitrogen and oxygen atoms in total. The van der Waals surface area contributed by atoms with E-state index in [1.807, 2.05) is 24.3 Å². The monoisotopic (exact) mass is 274 g/mol. The van der Waals surface area contributed by atoms with Crippen LogP contribution in [0.2, 0.25) is 0 Å². The van der Waals surface area contributed by atoms with Crippen LogP contribution in [0.3, 0.4) is 0 Å². The molecule has 106 valence electrons. The second-order valence-corrected chi connectivity index (χ2v) is 5.70. The number of rotatable bonds is 4. The van der Waals surface area contributed by atoms with Crippen LogP contribution in [-0.2, 0) is 16.6 Å². The van der Waals surface area contributed by atoms with Gasteiger partial charge in [-0.25, -0.2) is 0 Å². The largest absolute Gasteiger partial charge is 0.481 e. The Morgan fingerprint density at radius 1 is 1.25 bits per heavy atom. The van der Waals surface area contributed by atoms with Crippen molar-refractivity contribution in [3.8, 4) is 5.69 Å². The molecule has 0 saturated carbocycles. The van der Waals surface area contributed by atoms with Gasteiger partial charge >= 0.3 is 5.97 Å². The maximum absolute atomic E-state index is 10.6. The van der Waals surface area contributed by atoms with Crippen LogP contribution in [0.15, 0.2) is 24.3 Å². The highest BCUT2D eigenvalue weighted by atomic mass is 16.4. The van der Waals surface area contributed by atoms with Gasteiger partial charge in [0, 0.05) is 6.42 Å². The summed E-state index contributed by atoms with van der Waals surface area (Å²) >= 11 is 0. The van der Waals surface area contributed by atoms with E-state index in [4.69, 9.17) is 5.11 Å². The Labute approximate surface area is 117 Å². The molecule has 0 unspecified atom stereocenters. The Bertz CT molecular complexity index is 596. The fourth-order valence-electron chi connectivity index (χ4n) is 1.88. The van der Waals surface area contributed by atoms with Gasteiger partial charge in [0.15, 0.2) is 5.82 Å². The normalized spacial score (nSPS) is 11.6. The minimum absolute atomic E-state index is 0.0143. The van der Waals surface area contributed by atoms with Gasteiger partial charge in [0.1, 0.15) is 0 Å². The minimum atomic E-state index is -0.859. The molecule has 0 spiro atoms. The second kappa shape index (κ2) is 5.40. The average Bonchev–Trinajstić information content (AvgIpc) is 2.83. The van der Waals surface area contributed by atoms with Crippen molar-refractivity contribution in [2.45, 2.75) is 39.0 Å². The molecule has 0 fully saturated rings. The highest BCUT2D eigenvalue weighted by Crippen LogP contribution is 2.23. The smallest absolute Gasteiger partial charge is 0.303 e. The van der Waals surface area contributed by atoms with Gasteiger partial charge in [-0.15, -0.1) is 5.10 Å². The molecule has 1 N–H and O–H groups in total. The summed E-state index contributed by atoms with van der Waals surface area (Å²) in [6.07, 6.45) is 0.323. The fraction of sp³-hybridized carbons (Fsp3) is 0.429. The van der Waals surface area contributed by atoms with Crippen molar-refractivity contribution in [1.29, 1.82) is 0 Å². The summed E-state index contributed by atoms with van der Waals surface area (Å²) in [4.78, 5) is 10.6. The van der Waals surface area contributed by atoms with E-state index in [9.17, 15) is 4.79 Å². The summed E-state index contributed by atoms with van der Waals surface area (Å²) in [5.74, 6) is -0.307. The summed E-state index contributed by atoms with van der Waals surface area (Å²) < 4.78 is 1.58. The van der Waals surface area contributed by atoms with Crippen LogP contribution in [0.4, 0.5) is 0 Å². The molecule has 1 aromatic heterocycles. The minimum Gasteiger partial charge on any atom is -0.481 e. The number of carbonyl (C=O) groups is 1. The van der Waals surface area contributed by atoms with Crippen molar-refractivity contribution in [2.24, 2.45) is 0 Å². The van der Waals surface area contributed by atoms with Gasteiger partial charge in [-0.3, -0.25) is 4.79 Å². The van der Waals surface area contributed by atoms with Crippen LogP contribution in [0, 0.1) is 0 Å². The molecule has 0 saturated heterocycles. The zero-order valence-electron chi connectivity index (χ0n) is 11.9. The van der Waals surface area contributed by atoms with Crippen LogP contribution in [0.1, 0.15) is 38.6 Å². The molecule has 0 aliphatic rings. The number of nitrogens with zero attached hydrogens (tertiary/aromatic N) is 4. The summed E-state index contributed by atoms with van der Waals surface area (Å²) in [6, 6.07) is 7.97. The van der Waals surface area contributed by atoms with Crippen molar-refractivity contribution in [1.82, 2.24) is 20.2 Å². The number of carboxylic acids is 1. The molecule has 1 heterocycles. The Hall–Kier alpha value is -2.24. The first-order valence-electron chi connectivity index (χ1n) is 6.48. The van der Waals surface area contributed by atoms with E-state index in [1.54, 1.807) is 4.68 Å². The highest BCUT2D eigenvalue weighted by Gasteiger charge is 2.14. The van der Waals surface area contributed by atoms with Crippen molar-refractivity contribution < 1.29 is 9.90 Å². The van der Waals surface area contributed by atoms with E-state index in [-0.39, 0.29) is 11.8 Å². The van der Waals surface area contributed by atoms with Crippen molar-refractivity contribution >= 4 is 5.97 Å². The molecule has 6 heteroatoms. The van der Waals surface area contributed by atoms with Crippen LogP contribution < -0.4 is 0 Å². The molecule has 2 aromatic rings. The van der Waals surface area contributed by atoms with Crippen LogP contribution >= 0.6 is 0 Å². The maximum atomic E-state index is 10.6. The first-order valence-corrected chi connectivity index (χ1v) is 6.48. The van der Waals surface area contributed by atoms with Gasteiger partial charge in [-0.1, -0.05) is 32.9 Å². The number of aryl methyl sites for hydroxylation is 1. The third-order valence-corrected chi connectivity index (χ3v) is 3.07. The van der Waals surface area contributed by atoms with E-state index in [2.05, 4.69) is 36.3 Å². The zero-order chi connectivity index (χ0) is 14.8. The van der Waals surface area contributed by atoms with Crippen molar-refractivity contribution in [3.05, 3.63) is 35.7 Å². The Morgan fingerprint density at radius 3 is 2.45 bits per heavy atom. The van der Waals surface area contributed by atoms with Crippen molar-refractivity contribution in [3.63, 3.8) is 0 Å². The molecule has 0 radical (unpaired) electrons. The molecule has 1 aromatic carbocycles. The molecule has 2 rings (SSSR count). The molecule has 0 amide bonds. The van der Waals surface area contributed by atoms with Gasteiger partial charge in [-0.2, -0.15) is 4.68 Å². The molecular weight excluding hydrogens is 256 g/mol. The van der Waals surface area contributed by atoms with Crippen LogP contribution in [0.5, 0.6) is 0 Å². The SMILES string of the molecule is CC(C)(C)c1ccc(-n2nnnc2CCC(=O)O)cc1. The number of hydrogen-bond donors (Lipinski definition) is 1. The number of aliphatic carboxylic acids is 1. The predicted octanol–water partition coefficient (Wildman–Crippen LogP) is 1.98. The lowest BCUT2D eigenvalue weighted by atomic mass is 9.87. The Balaban J connectivity index is 2.24. The lowest BCUT2D eigenvalue weighted by molar-refractivity contribution is -0.137. The van der Waals surface area contributed by atoms with E-state index in [0.717, 1.165) is 5.69 Å². The Morgan fingerprint density at radius 2 is 1.90 bits per heavy atom. The highest BCUT2D eigenvalue weighted by molar-refractivity contribution is 5.66. The third-order valence-electron chi connectivity index (χ3n) is 3.07. The lowest BCUT2D eigenvalue weighted by Crippen LogP contribution is -2.11.